The topological polar surface area (TPSA) is 92.7 Å². The van der Waals surface area contributed by atoms with Gasteiger partial charge in [-0.15, -0.1) is 0 Å². The molecule has 0 saturated heterocycles. The van der Waals surface area contributed by atoms with E-state index >= 15 is 0 Å². The zero-order valence-corrected chi connectivity index (χ0v) is 32.8. The number of rotatable bonds is 40. The predicted octanol–water partition coefficient (Wildman–Crippen LogP) is 13.2. The highest BCUT2D eigenvalue weighted by Gasteiger charge is 2.14. The van der Waals surface area contributed by atoms with Crippen molar-refractivity contribution in [2.24, 2.45) is 0 Å². The van der Waals surface area contributed by atoms with Crippen LogP contribution in [0, 0.1) is 0 Å². The van der Waals surface area contributed by atoms with Gasteiger partial charge < -0.3 is 15.2 Å². The number of carboxylic acid groups (broad SMARTS) is 1. The average molecular weight is 694 g/mol. The normalized spacial score (nSPS) is 11.9. The molecule has 0 bridgehead atoms. The van der Waals surface area contributed by atoms with Crippen LogP contribution in [0.25, 0.3) is 0 Å². The zero-order chi connectivity index (χ0) is 35.9. The molecule has 0 spiro atoms. The Morgan fingerprint density at radius 2 is 0.755 bits per heavy atom. The molecule has 2 N–H and O–H groups in total. The Kier molecular flexibility index (Phi) is 37.9. The molecule has 290 valence electrons. The average Bonchev–Trinajstić information content (AvgIpc) is 3.08. The molecule has 6 nitrogen and oxygen atoms in total. The van der Waals surface area contributed by atoms with E-state index < -0.39 is 5.97 Å². The molecule has 0 aliphatic rings. The van der Waals surface area contributed by atoms with Crippen LogP contribution >= 0.6 is 0 Å². The van der Waals surface area contributed by atoms with Crippen LogP contribution in [0.4, 0.5) is 0 Å². The second-order valence-corrected chi connectivity index (χ2v) is 15.0. The molecule has 1 atom stereocenters. The molecule has 1 unspecified atom stereocenters. The molecule has 0 aromatic heterocycles. The summed E-state index contributed by atoms with van der Waals surface area (Å²) in [5, 5.41) is 11.1. The van der Waals surface area contributed by atoms with Gasteiger partial charge >= 0.3 is 11.9 Å². The number of carbonyl (C=O) groups is 3. The van der Waals surface area contributed by atoms with Gasteiger partial charge in [0.15, 0.2) is 0 Å². The van der Waals surface area contributed by atoms with Gasteiger partial charge in [-0.25, -0.2) is 0 Å². The summed E-state index contributed by atoms with van der Waals surface area (Å²) in [4.78, 5) is 35.0. The first kappa shape index (κ1) is 47.4. The molecule has 0 saturated carbocycles. The van der Waals surface area contributed by atoms with Crippen LogP contribution in [0.3, 0.4) is 0 Å². The highest BCUT2D eigenvalue weighted by atomic mass is 16.5. The Balaban J connectivity index is 3.99. The van der Waals surface area contributed by atoms with Crippen LogP contribution in [-0.4, -0.2) is 35.6 Å². The van der Waals surface area contributed by atoms with E-state index in [1.54, 1.807) is 0 Å². The SMILES string of the molecule is CCCCCCCCCCCCCCCCCCCCC(=O)OC(CCCCCCCCCCC)CCCCCCCC(=O)NCC(=O)O. The molecule has 1 amide bonds. The number of nitrogens with one attached hydrogen (secondary N) is 1. The summed E-state index contributed by atoms with van der Waals surface area (Å²) >= 11 is 0. The maximum absolute atomic E-state index is 12.7. The predicted molar refractivity (Wildman–Crippen MR) is 208 cm³/mol. The molecule has 0 radical (unpaired) electrons. The number of amides is 1. The van der Waals surface area contributed by atoms with Gasteiger partial charge in [0.2, 0.25) is 5.91 Å². The van der Waals surface area contributed by atoms with Crippen molar-refractivity contribution in [1.29, 1.82) is 0 Å². The highest BCUT2D eigenvalue weighted by Crippen LogP contribution is 2.19. The summed E-state index contributed by atoms with van der Waals surface area (Å²) in [7, 11) is 0. The number of aliphatic carboxylic acids is 1. The Morgan fingerprint density at radius 3 is 1.10 bits per heavy atom. The molecule has 0 aromatic carbocycles. The first-order valence-corrected chi connectivity index (χ1v) is 21.7. The summed E-state index contributed by atoms with van der Waals surface area (Å²) in [6.07, 6.45) is 43.7. The fraction of sp³-hybridized carbons (Fsp3) is 0.930. The van der Waals surface area contributed by atoms with E-state index in [1.807, 2.05) is 0 Å². The standard InChI is InChI=1S/C43H83NO5/c1-3-5-7-9-11-13-14-15-16-17-18-19-20-21-23-25-30-34-38-43(48)49-40(35-31-27-24-22-12-10-8-6-4-2)36-32-28-26-29-33-37-41(45)44-39-42(46)47/h40H,3-39H2,1-2H3,(H,44,45)(H,46,47). The number of carboxylic acids is 1. The molecule has 0 aromatic rings. The van der Waals surface area contributed by atoms with Crippen molar-refractivity contribution in [2.45, 2.75) is 251 Å². The number of esters is 1. The van der Waals surface area contributed by atoms with Crippen LogP contribution in [-0.2, 0) is 19.1 Å². The van der Waals surface area contributed by atoms with E-state index in [9.17, 15) is 14.4 Å². The maximum atomic E-state index is 12.7. The minimum absolute atomic E-state index is 0.00945. The summed E-state index contributed by atoms with van der Waals surface area (Å²) in [6.45, 7) is 4.24. The third kappa shape index (κ3) is 39.1. The van der Waals surface area contributed by atoms with E-state index in [4.69, 9.17) is 9.84 Å². The molecule has 0 fully saturated rings. The van der Waals surface area contributed by atoms with Crippen molar-refractivity contribution in [3.05, 3.63) is 0 Å². The van der Waals surface area contributed by atoms with E-state index in [0.717, 1.165) is 64.2 Å². The Hall–Kier alpha value is -1.59. The molecular formula is C43H83NO5. The van der Waals surface area contributed by atoms with Gasteiger partial charge in [-0.05, 0) is 38.5 Å². The Morgan fingerprint density at radius 1 is 0.449 bits per heavy atom. The van der Waals surface area contributed by atoms with Crippen molar-refractivity contribution in [3.8, 4) is 0 Å². The summed E-state index contributed by atoms with van der Waals surface area (Å²) in [5.74, 6) is -1.21. The van der Waals surface area contributed by atoms with Gasteiger partial charge in [0.05, 0.1) is 0 Å². The number of hydrogen-bond acceptors (Lipinski definition) is 4. The molecule has 6 heteroatoms. The van der Waals surface area contributed by atoms with E-state index in [-0.39, 0.29) is 24.5 Å². The summed E-state index contributed by atoms with van der Waals surface area (Å²) in [5.41, 5.74) is 0. The number of carbonyl (C=O) groups excluding carboxylic acids is 2. The lowest BCUT2D eigenvalue weighted by molar-refractivity contribution is -0.150. The first-order chi connectivity index (χ1) is 24.0. The van der Waals surface area contributed by atoms with Gasteiger partial charge in [-0.1, -0.05) is 194 Å². The smallest absolute Gasteiger partial charge is 0.322 e. The van der Waals surface area contributed by atoms with E-state index in [2.05, 4.69) is 19.2 Å². The Labute approximate surface area is 304 Å². The first-order valence-electron chi connectivity index (χ1n) is 21.7. The molecule has 0 aliphatic heterocycles. The monoisotopic (exact) mass is 694 g/mol. The maximum Gasteiger partial charge on any atom is 0.322 e. The van der Waals surface area contributed by atoms with Gasteiger partial charge in [0, 0.05) is 12.8 Å². The number of unbranched alkanes of at least 4 members (excludes halogenated alkanes) is 29. The van der Waals surface area contributed by atoms with Crippen LogP contribution < -0.4 is 5.32 Å². The van der Waals surface area contributed by atoms with Gasteiger partial charge in [0.1, 0.15) is 12.6 Å². The van der Waals surface area contributed by atoms with Crippen molar-refractivity contribution >= 4 is 17.8 Å². The van der Waals surface area contributed by atoms with Crippen molar-refractivity contribution in [3.63, 3.8) is 0 Å². The lowest BCUT2D eigenvalue weighted by Gasteiger charge is -2.18. The van der Waals surface area contributed by atoms with Crippen LogP contribution in [0.1, 0.15) is 245 Å². The largest absolute Gasteiger partial charge is 0.480 e. The van der Waals surface area contributed by atoms with Crippen molar-refractivity contribution in [2.75, 3.05) is 6.54 Å². The molecule has 0 rings (SSSR count). The summed E-state index contributed by atoms with van der Waals surface area (Å²) < 4.78 is 6.02. The Bertz CT molecular complexity index is 727. The van der Waals surface area contributed by atoms with Gasteiger partial charge in [-0.2, -0.15) is 0 Å². The van der Waals surface area contributed by atoms with Gasteiger partial charge in [-0.3, -0.25) is 14.4 Å². The zero-order valence-electron chi connectivity index (χ0n) is 32.8. The van der Waals surface area contributed by atoms with Crippen LogP contribution in [0.15, 0.2) is 0 Å². The third-order valence-electron chi connectivity index (χ3n) is 10.0. The van der Waals surface area contributed by atoms with E-state index in [0.29, 0.717) is 12.8 Å². The molecular weight excluding hydrogens is 610 g/mol. The van der Waals surface area contributed by atoms with E-state index in [1.165, 1.54) is 154 Å². The van der Waals surface area contributed by atoms with Crippen LogP contribution in [0.2, 0.25) is 0 Å². The quantitative estimate of drug-likeness (QED) is 0.0492. The lowest BCUT2D eigenvalue weighted by atomic mass is 10.0. The molecule has 0 heterocycles. The fourth-order valence-electron chi connectivity index (χ4n) is 6.81. The third-order valence-corrected chi connectivity index (χ3v) is 10.0. The van der Waals surface area contributed by atoms with Crippen LogP contribution in [0.5, 0.6) is 0 Å². The summed E-state index contributed by atoms with van der Waals surface area (Å²) in [6, 6.07) is 0. The van der Waals surface area contributed by atoms with Crippen molar-refractivity contribution < 1.29 is 24.2 Å². The second-order valence-electron chi connectivity index (χ2n) is 15.0. The highest BCUT2D eigenvalue weighted by molar-refractivity contribution is 5.80. The fourth-order valence-corrected chi connectivity index (χ4v) is 6.81. The van der Waals surface area contributed by atoms with Gasteiger partial charge in [0.25, 0.3) is 0 Å². The lowest BCUT2D eigenvalue weighted by Crippen LogP contribution is -2.28. The minimum atomic E-state index is -1.01. The molecule has 0 aliphatic carbocycles. The molecule has 49 heavy (non-hydrogen) atoms. The number of hydrogen-bond donors (Lipinski definition) is 2. The van der Waals surface area contributed by atoms with Crippen molar-refractivity contribution in [1.82, 2.24) is 5.32 Å². The number of ether oxygens (including phenoxy) is 1. The second kappa shape index (κ2) is 39.2. The minimum Gasteiger partial charge on any atom is -0.480 e.